The Kier molecular flexibility index (Phi) is 7.48. The zero-order chi connectivity index (χ0) is 22.3. The highest BCUT2D eigenvalue weighted by atomic mass is 16.7. The number of carbonyl (C=O) groups excluding carboxylic acids is 5. The zero-order valence-electron chi connectivity index (χ0n) is 16.9. The molecule has 1 aromatic carbocycles. The number of nitrogens with one attached hydrogen (secondary N) is 2. The summed E-state index contributed by atoms with van der Waals surface area (Å²) in [6.07, 6.45) is -0.779. The van der Waals surface area contributed by atoms with Gasteiger partial charge < -0.3 is 14.9 Å². The topological polar surface area (TPSA) is 140 Å². The number of benzene rings is 1. The van der Waals surface area contributed by atoms with Gasteiger partial charge in [-0.1, -0.05) is 12.1 Å². The lowest BCUT2D eigenvalue weighted by atomic mass is 10.1. The smallest absolute Gasteiger partial charge is 0.431 e. The number of hydrogen-bond acceptors (Lipinski definition) is 8. The lowest BCUT2D eigenvalue weighted by Gasteiger charge is -2.19. The quantitative estimate of drug-likeness (QED) is 0.490. The van der Waals surface area contributed by atoms with Gasteiger partial charge in [-0.2, -0.15) is 5.48 Å². The van der Waals surface area contributed by atoms with Gasteiger partial charge in [0.15, 0.2) is 6.61 Å². The fourth-order valence-corrected chi connectivity index (χ4v) is 2.26. The van der Waals surface area contributed by atoms with E-state index in [1.54, 1.807) is 32.9 Å². The van der Waals surface area contributed by atoms with Gasteiger partial charge >= 0.3 is 12.1 Å². The van der Waals surface area contributed by atoms with Crippen LogP contribution in [0.4, 0.5) is 4.79 Å². The first-order valence-corrected chi connectivity index (χ1v) is 9.09. The van der Waals surface area contributed by atoms with Crippen molar-refractivity contribution in [3.63, 3.8) is 0 Å². The minimum atomic E-state index is -0.837. The fourth-order valence-electron chi connectivity index (χ4n) is 2.26. The second kappa shape index (κ2) is 9.83. The summed E-state index contributed by atoms with van der Waals surface area (Å²) < 4.78 is 4.95. The monoisotopic (exact) mass is 421 g/mol. The normalized spacial score (nSPS) is 13.8. The molecule has 0 aromatic heterocycles. The Bertz CT molecular complexity index is 813. The lowest BCUT2D eigenvalue weighted by molar-refractivity contribution is -0.172. The van der Waals surface area contributed by atoms with Crippen molar-refractivity contribution < 1.29 is 38.4 Å². The largest absolute Gasteiger partial charge is 0.442 e. The van der Waals surface area contributed by atoms with Gasteiger partial charge in [0.2, 0.25) is 5.91 Å². The molecule has 30 heavy (non-hydrogen) atoms. The zero-order valence-corrected chi connectivity index (χ0v) is 16.9. The molecule has 0 aliphatic carbocycles. The van der Waals surface area contributed by atoms with Gasteiger partial charge in [0.1, 0.15) is 5.60 Å². The van der Waals surface area contributed by atoms with E-state index in [2.05, 4.69) is 5.32 Å². The summed E-state index contributed by atoms with van der Waals surface area (Å²) in [6, 6.07) is 6.03. The van der Waals surface area contributed by atoms with E-state index < -0.39 is 42.0 Å². The first-order valence-electron chi connectivity index (χ1n) is 9.09. The highest BCUT2D eigenvalue weighted by Gasteiger charge is 2.33. The maximum Gasteiger partial charge on any atom is 0.431 e. The average Bonchev–Trinajstić information content (AvgIpc) is 2.97. The second-order valence-corrected chi connectivity index (χ2v) is 7.33. The molecular formula is C19H23N3O8. The Morgan fingerprint density at radius 2 is 1.63 bits per heavy atom. The van der Waals surface area contributed by atoms with Gasteiger partial charge in [0, 0.05) is 19.4 Å². The minimum absolute atomic E-state index is 0.0156. The van der Waals surface area contributed by atoms with Crippen molar-refractivity contribution in [2.45, 2.75) is 45.8 Å². The lowest BCUT2D eigenvalue weighted by Crippen LogP contribution is -2.36. The molecule has 0 radical (unpaired) electrons. The van der Waals surface area contributed by atoms with E-state index >= 15 is 0 Å². The van der Waals surface area contributed by atoms with Crippen LogP contribution in [0.1, 0.15) is 49.5 Å². The Labute approximate surface area is 172 Å². The van der Waals surface area contributed by atoms with Gasteiger partial charge in [0.25, 0.3) is 11.8 Å². The number of imide groups is 1. The predicted octanol–water partition coefficient (Wildman–Crippen LogP) is 0.980. The van der Waals surface area contributed by atoms with Crippen molar-refractivity contribution in [1.82, 2.24) is 15.9 Å². The molecule has 1 aliphatic rings. The molecule has 1 aliphatic heterocycles. The average molecular weight is 421 g/mol. The van der Waals surface area contributed by atoms with E-state index in [1.165, 1.54) is 12.1 Å². The predicted molar refractivity (Wildman–Crippen MR) is 100 cm³/mol. The van der Waals surface area contributed by atoms with E-state index in [1.807, 2.05) is 5.48 Å². The molecule has 2 N–H and O–H groups in total. The van der Waals surface area contributed by atoms with Gasteiger partial charge in [-0.15, -0.1) is 5.06 Å². The summed E-state index contributed by atoms with van der Waals surface area (Å²) in [5.41, 5.74) is 2.13. The van der Waals surface area contributed by atoms with Crippen LogP contribution in [0.5, 0.6) is 0 Å². The number of hydroxylamine groups is 3. The van der Waals surface area contributed by atoms with E-state index in [9.17, 15) is 24.0 Å². The molecule has 162 valence electrons. The fraction of sp³-hybridized carbons (Fsp3) is 0.421. The van der Waals surface area contributed by atoms with Crippen molar-refractivity contribution in [3.05, 3.63) is 35.4 Å². The van der Waals surface area contributed by atoms with Gasteiger partial charge in [-0.3, -0.25) is 19.2 Å². The first-order chi connectivity index (χ1) is 14.0. The Hall–Kier alpha value is -3.47. The molecule has 1 saturated heterocycles. The van der Waals surface area contributed by atoms with Gasteiger partial charge in [-0.05, 0) is 38.5 Å². The van der Waals surface area contributed by atoms with Crippen LogP contribution in [0, 0.1) is 0 Å². The standard InChI is InChI=1S/C19H23N3O8/c1-19(2,3)29-18(27)21-28-11-14(23)20-10-12-4-6-13(7-5-12)17(26)30-22-15(24)8-9-16(22)25/h4-7H,8-11H2,1-3H3,(H,20,23)(H,21,27). The molecule has 0 saturated carbocycles. The van der Waals surface area contributed by atoms with Crippen LogP contribution in [0.3, 0.4) is 0 Å². The summed E-state index contributed by atoms with van der Waals surface area (Å²) in [5.74, 6) is -2.44. The molecule has 1 fully saturated rings. The molecule has 2 rings (SSSR count). The van der Waals surface area contributed by atoms with E-state index in [4.69, 9.17) is 14.4 Å². The summed E-state index contributed by atoms with van der Waals surface area (Å²) in [7, 11) is 0. The molecule has 0 spiro atoms. The summed E-state index contributed by atoms with van der Waals surface area (Å²) in [6.45, 7) is 4.80. The molecule has 4 amide bonds. The molecule has 0 bridgehead atoms. The number of carbonyl (C=O) groups is 5. The van der Waals surface area contributed by atoms with Gasteiger partial charge in [0.05, 0.1) is 5.56 Å². The Morgan fingerprint density at radius 1 is 1.03 bits per heavy atom. The van der Waals surface area contributed by atoms with Crippen molar-refractivity contribution in [1.29, 1.82) is 0 Å². The first kappa shape index (κ1) is 22.8. The maximum absolute atomic E-state index is 12.0. The van der Waals surface area contributed by atoms with E-state index in [-0.39, 0.29) is 24.9 Å². The molecule has 0 unspecified atom stereocenters. The Balaban J connectivity index is 1.73. The highest BCUT2D eigenvalue weighted by Crippen LogP contribution is 2.14. The summed E-state index contributed by atoms with van der Waals surface area (Å²) >= 11 is 0. The van der Waals surface area contributed by atoms with Gasteiger partial charge in [-0.25, -0.2) is 9.59 Å². The van der Waals surface area contributed by atoms with Crippen LogP contribution in [0.15, 0.2) is 24.3 Å². The van der Waals surface area contributed by atoms with E-state index in [0.29, 0.717) is 10.6 Å². The van der Waals surface area contributed by atoms with Crippen molar-refractivity contribution in [3.8, 4) is 0 Å². The number of amides is 4. The van der Waals surface area contributed by atoms with Crippen LogP contribution in [-0.4, -0.2) is 47.1 Å². The molecule has 0 atom stereocenters. The van der Waals surface area contributed by atoms with Crippen molar-refractivity contribution in [2.75, 3.05) is 6.61 Å². The minimum Gasteiger partial charge on any atom is -0.442 e. The van der Waals surface area contributed by atoms with Crippen LogP contribution in [0.2, 0.25) is 0 Å². The van der Waals surface area contributed by atoms with Crippen LogP contribution in [-0.2, 0) is 35.3 Å². The van der Waals surface area contributed by atoms with Crippen LogP contribution < -0.4 is 10.8 Å². The van der Waals surface area contributed by atoms with Crippen molar-refractivity contribution in [2.24, 2.45) is 0 Å². The Morgan fingerprint density at radius 3 is 2.20 bits per heavy atom. The molecular weight excluding hydrogens is 398 g/mol. The molecule has 1 heterocycles. The SMILES string of the molecule is CC(C)(C)OC(=O)NOCC(=O)NCc1ccc(C(=O)ON2C(=O)CCC2=O)cc1. The second-order valence-electron chi connectivity index (χ2n) is 7.33. The van der Waals surface area contributed by atoms with E-state index in [0.717, 1.165) is 0 Å². The third kappa shape index (κ3) is 7.17. The third-order valence-corrected chi connectivity index (χ3v) is 3.62. The summed E-state index contributed by atoms with van der Waals surface area (Å²) in [5, 5.41) is 3.04. The van der Waals surface area contributed by atoms with Crippen LogP contribution in [0.25, 0.3) is 0 Å². The number of ether oxygens (including phenoxy) is 1. The van der Waals surface area contributed by atoms with Crippen LogP contribution >= 0.6 is 0 Å². The maximum atomic E-state index is 12.0. The number of rotatable bonds is 7. The molecule has 1 aromatic rings. The third-order valence-electron chi connectivity index (χ3n) is 3.62. The summed E-state index contributed by atoms with van der Waals surface area (Å²) in [4.78, 5) is 67.7. The molecule has 11 nitrogen and oxygen atoms in total. The molecule has 11 heteroatoms. The highest BCUT2D eigenvalue weighted by molar-refractivity contribution is 6.02. The van der Waals surface area contributed by atoms with Crippen molar-refractivity contribution >= 4 is 29.8 Å². The number of hydrogen-bond donors (Lipinski definition) is 2. The number of nitrogens with zero attached hydrogens (tertiary/aromatic N) is 1.